The van der Waals surface area contributed by atoms with E-state index >= 15 is 0 Å². The minimum absolute atomic E-state index is 0.258. The lowest BCUT2D eigenvalue weighted by molar-refractivity contribution is 0.0698. The van der Waals surface area contributed by atoms with E-state index in [1.165, 1.54) is 11.3 Å². The Morgan fingerprint density at radius 2 is 1.78 bits per heavy atom. The highest BCUT2D eigenvalue weighted by molar-refractivity contribution is 7.21. The summed E-state index contributed by atoms with van der Waals surface area (Å²) in [5.41, 5.74) is 1.67. The number of carboxylic acids is 1. The number of aromatic carboxylic acids is 1. The first-order valence-electron chi connectivity index (χ1n) is 6.94. The van der Waals surface area contributed by atoms with Gasteiger partial charge in [0.15, 0.2) is 0 Å². The largest absolute Gasteiger partial charge is 0.478 e. The molecule has 3 nitrogen and oxygen atoms in total. The molecule has 5 heteroatoms. The minimum Gasteiger partial charge on any atom is -0.478 e. The normalized spacial score (nSPS) is 11.2. The molecule has 0 aliphatic rings. The first kappa shape index (κ1) is 14.2. The van der Waals surface area contributed by atoms with Crippen LogP contribution < -0.4 is 0 Å². The quantitative estimate of drug-likeness (QED) is 0.527. The average Bonchev–Trinajstić information content (AvgIpc) is 2.96. The van der Waals surface area contributed by atoms with Gasteiger partial charge in [-0.1, -0.05) is 35.9 Å². The van der Waals surface area contributed by atoms with Crippen LogP contribution in [0.15, 0.2) is 54.6 Å². The highest BCUT2D eigenvalue weighted by Crippen LogP contribution is 2.35. The van der Waals surface area contributed by atoms with Crippen molar-refractivity contribution >= 4 is 49.9 Å². The molecule has 0 spiro atoms. The van der Waals surface area contributed by atoms with Gasteiger partial charge in [0.2, 0.25) is 0 Å². The Balaban J connectivity index is 2.01. The number of hydrogen-bond donors (Lipinski definition) is 1. The summed E-state index contributed by atoms with van der Waals surface area (Å²) in [6.07, 6.45) is 0. The number of hydrogen-bond acceptors (Lipinski definition) is 3. The second kappa shape index (κ2) is 5.33. The number of benzene rings is 3. The lowest BCUT2D eigenvalue weighted by Crippen LogP contribution is -1.99. The van der Waals surface area contributed by atoms with Gasteiger partial charge in [-0.15, -0.1) is 11.3 Å². The number of fused-ring (bicyclic) bond motifs is 2. The number of carboxylic acid groups (broad SMARTS) is 1. The molecule has 0 aliphatic carbocycles. The fraction of sp³-hybridized carbons (Fsp3) is 0. The van der Waals surface area contributed by atoms with Crippen LogP contribution >= 0.6 is 22.9 Å². The molecule has 4 rings (SSSR count). The van der Waals surface area contributed by atoms with Gasteiger partial charge in [-0.2, -0.15) is 0 Å². The van der Waals surface area contributed by atoms with Crippen LogP contribution in [-0.4, -0.2) is 16.1 Å². The third-order valence-electron chi connectivity index (χ3n) is 3.70. The van der Waals surface area contributed by atoms with Crippen molar-refractivity contribution in [2.24, 2.45) is 0 Å². The zero-order valence-corrected chi connectivity index (χ0v) is 13.4. The Kier molecular flexibility index (Phi) is 3.29. The highest BCUT2D eigenvalue weighted by atomic mass is 35.5. The second-order valence-electron chi connectivity index (χ2n) is 5.18. The maximum Gasteiger partial charge on any atom is 0.336 e. The van der Waals surface area contributed by atoms with E-state index in [1.807, 2.05) is 42.5 Å². The van der Waals surface area contributed by atoms with Gasteiger partial charge in [-0.05, 0) is 41.1 Å². The smallest absolute Gasteiger partial charge is 0.336 e. The lowest BCUT2D eigenvalue weighted by atomic mass is 10.0. The van der Waals surface area contributed by atoms with Crippen molar-refractivity contribution in [3.63, 3.8) is 0 Å². The molecule has 1 aromatic heterocycles. The van der Waals surface area contributed by atoms with Crippen molar-refractivity contribution in [2.75, 3.05) is 0 Å². The first-order chi connectivity index (χ1) is 11.1. The Labute approximate surface area is 140 Å². The molecular weight excluding hydrogens is 330 g/mol. The molecule has 4 aromatic rings. The van der Waals surface area contributed by atoms with Gasteiger partial charge in [0.05, 0.1) is 15.8 Å². The second-order valence-corrected chi connectivity index (χ2v) is 6.65. The van der Waals surface area contributed by atoms with Crippen molar-refractivity contribution in [3.8, 4) is 10.6 Å². The summed E-state index contributed by atoms with van der Waals surface area (Å²) < 4.78 is 0.980. The van der Waals surface area contributed by atoms with Crippen LogP contribution in [0, 0.1) is 0 Å². The minimum atomic E-state index is -0.956. The summed E-state index contributed by atoms with van der Waals surface area (Å²) in [7, 11) is 0. The van der Waals surface area contributed by atoms with Gasteiger partial charge < -0.3 is 5.11 Å². The molecule has 0 aliphatic heterocycles. The molecular formula is C18H10ClNO2S. The number of nitrogens with zero attached hydrogens (tertiary/aromatic N) is 1. The van der Waals surface area contributed by atoms with Gasteiger partial charge in [0, 0.05) is 10.6 Å². The van der Waals surface area contributed by atoms with Gasteiger partial charge in [-0.25, -0.2) is 9.78 Å². The Hall–Kier alpha value is -2.43. The number of halogens is 1. The van der Waals surface area contributed by atoms with E-state index in [2.05, 4.69) is 4.98 Å². The molecule has 0 radical (unpaired) electrons. The number of aromatic nitrogens is 1. The predicted molar refractivity (Wildman–Crippen MR) is 94.5 cm³/mol. The van der Waals surface area contributed by atoms with E-state index in [9.17, 15) is 9.90 Å². The fourth-order valence-electron chi connectivity index (χ4n) is 2.61. The summed E-state index contributed by atoms with van der Waals surface area (Å²) in [5.74, 6) is -0.956. The van der Waals surface area contributed by atoms with Crippen molar-refractivity contribution < 1.29 is 9.90 Å². The third kappa shape index (κ3) is 2.46. The number of carbonyl (C=O) groups is 1. The van der Waals surface area contributed by atoms with Crippen LogP contribution in [0.2, 0.25) is 5.02 Å². The van der Waals surface area contributed by atoms with Crippen molar-refractivity contribution in [1.82, 2.24) is 4.98 Å². The van der Waals surface area contributed by atoms with Gasteiger partial charge in [0.1, 0.15) is 5.01 Å². The van der Waals surface area contributed by atoms with Crippen molar-refractivity contribution in [3.05, 3.63) is 65.2 Å². The summed E-state index contributed by atoms with van der Waals surface area (Å²) in [6.45, 7) is 0. The van der Waals surface area contributed by atoms with Gasteiger partial charge in [-0.3, -0.25) is 0 Å². The molecule has 0 fully saturated rings. The average molecular weight is 340 g/mol. The van der Waals surface area contributed by atoms with Crippen LogP contribution in [0.4, 0.5) is 0 Å². The molecule has 0 atom stereocenters. The summed E-state index contributed by atoms with van der Waals surface area (Å²) in [5, 5.41) is 12.8. The molecule has 112 valence electrons. The number of rotatable bonds is 2. The SMILES string of the molecule is O=C(O)c1cc2ccccc2cc1-c1nc2cc(Cl)ccc2s1. The third-order valence-corrected chi connectivity index (χ3v) is 5.00. The lowest BCUT2D eigenvalue weighted by Gasteiger charge is -2.06. The standard InChI is InChI=1S/C18H10ClNO2S/c19-12-5-6-16-15(9-12)20-17(23-16)13-7-10-3-1-2-4-11(10)8-14(13)18(21)22/h1-9H,(H,21,22). The first-order valence-corrected chi connectivity index (χ1v) is 8.14. The van der Waals surface area contributed by atoms with Crippen LogP contribution in [0.25, 0.3) is 31.6 Å². The number of thiazole rings is 1. The molecule has 0 bridgehead atoms. The van der Waals surface area contributed by atoms with Gasteiger partial charge >= 0.3 is 5.97 Å². The maximum absolute atomic E-state index is 11.7. The van der Waals surface area contributed by atoms with Crippen LogP contribution in [-0.2, 0) is 0 Å². The maximum atomic E-state index is 11.7. The predicted octanol–water partition coefficient (Wildman–Crippen LogP) is 5.47. The van der Waals surface area contributed by atoms with Crippen molar-refractivity contribution in [2.45, 2.75) is 0 Å². The zero-order valence-electron chi connectivity index (χ0n) is 11.8. The van der Waals surface area contributed by atoms with Crippen LogP contribution in [0.1, 0.15) is 10.4 Å². The van der Waals surface area contributed by atoms with E-state index in [0.717, 1.165) is 21.0 Å². The topological polar surface area (TPSA) is 50.2 Å². The van der Waals surface area contributed by atoms with Gasteiger partial charge in [0.25, 0.3) is 0 Å². The molecule has 23 heavy (non-hydrogen) atoms. The zero-order chi connectivity index (χ0) is 16.0. The highest BCUT2D eigenvalue weighted by Gasteiger charge is 2.16. The van der Waals surface area contributed by atoms with E-state index in [-0.39, 0.29) is 5.56 Å². The Morgan fingerprint density at radius 3 is 2.52 bits per heavy atom. The molecule has 3 aromatic carbocycles. The van der Waals surface area contributed by atoms with Crippen molar-refractivity contribution in [1.29, 1.82) is 0 Å². The van der Waals surface area contributed by atoms with Crippen LogP contribution in [0.5, 0.6) is 0 Å². The van der Waals surface area contributed by atoms with E-state index in [0.29, 0.717) is 15.6 Å². The Morgan fingerprint density at radius 1 is 1.04 bits per heavy atom. The molecule has 0 amide bonds. The molecule has 1 heterocycles. The molecule has 0 saturated carbocycles. The molecule has 1 N–H and O–H groups in total. The van der Waals surface area contributed by atoms with Crippen LogP contribution in [0.3, 0.4) is 0 Å². The fourth-order valence-corrected chi connectivity index (χ4v) is 3.75. The monoisotopic (exact) mass is 339 g/mol. The summed E-state index contributed by atoms with van der Waals surface area (Å²) in [6, 6.07) is 16.8. The van der Waals surface area contributed by atoms with E-state index in [1.54, 1.807) is 12.1 Å². The summed E-state index contributed by atoms with van der Waals surface area (Å²) in [4.78, 5) is 16.2. The van der Waals surface area contributed by atoms with E-state index < -0.39 is 5.97 Å². The molecule has 0 unspecified atom stereocenters. The Bertz CT molecular complexity index is 1070. The summed E-state index contributed by atoms with van der Waals surface area (Å²) >= 11 is 7.47. The van der Waals surface area contributed by atoms with E-state index in [4.69, 9.17) is 11.6 Å². The molecule has 0 saturated heterocycles.